The first-order valence-corrected chi connectivity index (χ1v) is 7.52. The van der Waals surface area contributed by atoms with Crippen LogP contribution < -0.4 is 4.72 Å². The topological polar surface area (TPSA) is 107 Å². The molecule has 3 N–H and O–H groups in total. The molecular formula is C12H18N2O5S. The number of carbonyl (C=O) groups is 1. The highest BCUT2D eigenvalue weighted by atomic mass is 32.2. The number of aromatic carboxylic acids is 1. The lowest BCUT2D eigenvalue weighted by Crippen LogP contribution is -2.33. The van der Waals surface area contributed by atoms with E-state index in [1.54, 1.807) is 0 Å². The van der Waals surface area contributed by atoms with Gasteiger partial charge in [-0.3, -0.25) is 4.72 Å². The summed E-state index contributed by atoms with van der Waals surface area (Å²) in [5, 5.41) is 18.3. The Hall–Kier alpha value is -1.80. The Bertz CT molecular complexity index is 586. The van der Waals surface area contributed by atoms with E-state index in [9.17, 15) is 18.3 Å². The van der Waals surface area contributed by atoms with Crippen molar-refractivity contribution in [2.75, 3.05) is 18.3 Å². The van der Waals surface area contributed by atoms with Crippen LogP contribution in [-0.2, 0) is 10.2 Å². The molecule has 0 unspecified atom stereocenters. The molecule has 0 aliphatic carbocycles. The van der Waals surface area contributed by atoms with Crippen LogP contribution in [0.2, 0.25) is 0 Å². The second kappa shape index (κ2) is 6.58. The summed E-state index contributed by atoms with van der Waals surface area (Å²) < 4.78 is 27.3. The summed E-state index contributed by atoms with van der Waals surface area (Å²) in [4.78, 5) is 10.7. The van der Waals surface area contributed by atoms with Crippen molar-refractivity contribution >= 4 is 21.9 Å². The van der Waals surface area contributed by atoms with Gasteiger partial charge in [-0.1, -0.05) is 13.3 Å². The predicted molar refractivity (Wildman–Crippen MR) is 75.1 cm³/mol. The van der Waals surface area contributed by atoms with Crippen LogP contribution >= 0.6 is 0 Å². The quantitative estimate of drug-likeness (QED) is 0.707. The number of benzene rings is 1. The number of carboxylic acid groups (broad SMARTS) is 1. The van der Waals surface area contributed by atoms with Gasteiger partial charge in [-0.05, 0) is 18.6 Å². The molecule has 7 nitrogen and oxygen atoms in total. The second-order valence-corrected chi connectivity index (χ2v) is 6.10. The van der Waals surface area contributed by atoms with Crippen LogP contribution in [0.25, 0.3) is 0 Å². The molecule has 0 saturated heterocycles. The van der Waals surface area contributed by atoms with Crippen LogP contribution in [0.5, 0.6) is 5.75 Å². The number of hydrogen-bond acceptors (Lipinski definition) is 4. The van der Waals surface area contributed by atoms with E-state index in [0.717, 1.165) is 25.0 Å². The van der Waals surface area contributed by atoms with Gasteiger partial charge in [0.15, 0.2) is 0 Å². The molecule has 0 saturated carbocycles. The van der Waals surface area contributed by atoms with E-state index in [1.807, 2.05) is 6.92 Å². The fourth-order valence-electron chi connectivity index (χ4n) is 1.50. The smallest absolute Gasteiger partial charge is 0.339 e. The minimum absolute atomic E-state index is 0.107. The van der Waals surface area contributed by atoms with Gasteiger partial charge in [0.1, 0.15) is 11.3 Å². The largest absolute Gasteiger partial charge is 0.507 e. The third kappa shape index (κ3) is 4.10. The van der Waals surface area contributed by atoms with Crippen molar-refractivity contribution < 1.29 is 23.4 Å². The van der Waals surface area contributed by atoms with Gasteiger partial charge < -0.3 is 10.2 Å². The standard InChI is InChI=1S/C12H18N2O5S/c1-3-4-7-14(2)20(18,19)13-9-5-6-10(12(16)17)11(15)8-9/h5-6,8,13,15H,3-4,7H2,1-2H3,(H,16,17). The number of aromatic hydroxyl groups is 1. The van der Waals surface area contributed by atoms with Gasteiger partial charge in [0.05, 0.1) is 5.69 Å². The van der Waals surface area contributed by atoms with Crippen LogP contribution in [0, 0.1) is 0 Å². The van der Waals surface area contributed by atoms with Crippen molar-refractivity contribution in [1.29, 1.82) is 0 Å². The van der Waals surface area contributed by atoms with E-state index in [-0.39, 0.29) is 11.3 Å². The number of hydrogen-bond donors (Lipinski definition) is 3. The maximum atomic E-state index is 12.0. The maximum absolute atomic E-state index is 12.0. The normalized spacial score (nSPS) is 11.6. The summed E-state index contributed by atoms with van der Waals surface area (Å²) in [7, 11) is -2.26. The van der Waals surface area contributed by atoms with Gasteiger partial charge in [-0.15, -0.1) is 0 Å². The molecule has 0 fully saturated rings. The summed E-state index contributed by atoms with van der Waals surface area (Å²) in [5.41, 5.74) is -0.178. The van der Waals surface area contributed by atoms with Gasteiger partial charge in [-0.2, -0.15) is 12.7 Å². The summed E-state index contributed by atoms with van der Waals surface area (Å²) in [6.07, 6.45) is 1.61. The van der Waals surface area contributed by atoms with E-state index in [4.69, 9.17) is 5.11 Å². The van der Waals surface area contributed by atoms with Crippen LogP contribution in [0.4, 0.5) is 5.69 Å². The van der Waals surface area contributed by atoms with Gasteiger partial charge in [0.25, 0.3) is 0 Å². The van der Waals surface area contributed by atoms with Crippen LogP contribution in [-0.4, -0.2) is 42.5 Å². The number of phenols is 1. The Morgan fingerprint density at radius 3 is 2.55 bits per heavy atom. The molecule has 112 valence electrons. The Morgan fingerprint density at radius 1 is 1.40 bits per heavy atom. The van der Waals surface area contributed by atoms with Gasteiger partial charge in [-0.25, -0.2) is 4.79 Å². The molecule has 1 aromatic carbocycles. The molecule has 0 amide bonds. The van der Waals surface area contributed by atoms with E-state index in [1.165, 1.54) is 17.4 Å². The molecule has 1 rings (SSSR count). The zero-order valence-corrected chi connectivity index (χ0v) is 12.1. The third-order valence-corrected chi connectivity index (χ3v) is 4.21. The number of nitrogens with zero attached hydrogens (tertiary/aromatic N) is 1. The van der Waals surface area contributed by atoms with Crippen LogP contribution in [0.3, 0.4) is 0 Å². The van der Waals surface area contributed by atoms with Crippen molar-refractivity contribution in [3.05, 3.63) is 23.8 Å². The molecule has 0 aliphatic rings. The molecular weight excluding hydrogens is 284 g/mol. The summed E-state index contributed by atoms with van der Waals surface area (Å²) >= 11 is 0. The SMILES string of the molecule is CCCCN(C)S(=O)(=O)Nc1ccc(C(=O)O)c(O)c1. The number of unbranched alkanes of at least 4 members (excludes halogenated alkanes) is 1. The van der Waals surface area contributed by atoms with E-state index in [0.29, 0.717) is 6.54 Å². The zero-order valence-electron chi connectivity index (χ0n) is 11.3. The molecule has 0 spiro atoms. The minimum atomic E-state index is -3.71. The lowest BCUT2D eigenvalue weighted by Gasteiger charge is -2.18. The van der Waals surface area contributed by atoms with Crippen molar-refractivity contribution in [2.45, 2.75) is 19.8 Å². The minimum Gasteiger partial charge on any atom is -0.507 e. The van der Waals surface area contributed by atoms with Crippen molar-refractivity contribution in [3.8, 4) is 5.75 Å². The lowest BCUT2D eigenvalue weighted by atomic mass is 10.2. The van der Waals surface area contributed by atoms with E-state index < -0.39 is 21.9 Å². The molecule has 0 aliphatic heterocycles. The monoisotopic (exact) mass is 302 g/mol. The molecule has 1 aromatic rings. The number of nitrogens with one attached hydrogen (secondary N) is 1. The first kappa shape index (κ1) is 16.3. The Kier molecular flexibility index (Phi) is 5.34. The fourth-order valence-corrected chi connectivity index (χ4v) is 2.45. The van der Waals surface area contributed by atoms with Crippen LogP contribution in [0.1, 0.15) is 30.1 Å². The lowest BCUT2D eigenvalue weighted by molar-refractivity contribution is 0.0694. The molecule has 0 atom stereocenters. The molecule has 0 bridgehead atoms. The maximum Gasteiger partial charge on any atom is 0.339 e. The Labute approximate surface area is 118 Å². The predicted octanol–water partition coefficient (Wildman–Crippen LogP) is 1.48. The molecule has 0 aromatic heterocycles. The number of carboxylic acids is 1. The zero-order chi connectivity index (χ0) is 15.3. The molecule has 0 heterocycles. The summed E-state index contributed by atoms with van der Waals surface area (Å²) in [6, 6.07) is 3.49. The second-order valence-electron chi connectivity index (χ2n) is 4.32. The van der Waals surface area contributed by atoms with Crippen molar-refractivity contribution in [2.24, 2.45) is 0 Å². The number of rotatable bonds is 7. The van der Waals surface area contributed by atoms with Crippen molar-refractivity contribution in [1.82, 2.24) is 4.31 Å². The Balaban J connectivity index is 2.87. The highest BCUT2D eigenvalue weighted by Crippen LogP contribution is 2.23. The van der Waals surface area contributed by atoms with Crippen molar-refractivity contribution in [3.63, 3.8) is 0 Å². The molecule has 0 radical (unpaired) electrons. The third-order valence-electron chi connectivity index (χ3n) is 2.71. The first-order valence-electron chi connectivity index (χ1n) is 6.08. The first-order chi connectivity index (χ1) is 9.27. The Morgan fingerprint density at radius 2 is 2.05 bits per heavy atom. The summed E-state index contributed by atoms with van der Waals surface area (Å²) in [6.45, 7) is 2.33. The number of anilines is 1. The van der Waals surface area contributed by atoms with Gasteiger partial charge >= 0.3 is 16.2 Å². The highest BCUT2D eigenvalue weighted by molar-refractivity contribution is 7.90. The fraction of sp³-hybridized carbons (Fsp3) is 0.417. The summed E-state index contributed by atoms with van der Waals surface area (Å²) in [5.74, 6) is -1.77. The van der Waals surface area contributed by atoms with E-state index in [2.05, 4.69) is 4.72 Å². The van der Waals surface area contributed by atoms with E-state index >= 15 is 0 Å². The van der Waals surface area contributed by atoms with Crippen LogP contribution in [0.15, 0.2) is 18.2 Å². The molecule has 20 heavy (non-hydrogen) atoms. The average Bonchev–Trinajstić information content (AvgIpc) is 2.34. The highest BCUT2D eigenvalue weighted by Gasteiger charge is 2.18. The molecule has 8 heteroatoms. The van der Waals surface area contributed by atoms with Gasteiger partial charge in [0.2, 0.25) is 0 Å². The average molecular weight is 302 g/mol. The van der Waals surface area contributed by atoms with Gasteiger partial charge in [0, 0.05) is 19.7 Å².